The zero-order chi connectivity index (χ0) is 56.8. The summed E-state index contributed by atoms with van der Waals surface area (Å²) in [5.41, 5.74) is 0. The van der Waals surface area contributed by atoms with Crippen LogP contribution in [0.1, 0.15) is 329 Å². The van der Waals surface area contributed by atoms with Gasteiger partial charge in [-0.15, -0.1) is 0 Å². The lowest BCUT2D eigenvalue weighted by atomic mass is 10.0. The third kappa shape index (κ3) is 55.9. The predicted molar refractivity (Wildman–Crippen MR) is 334 cm³/mol. The van der Waals surface area contributed by atoms with Crippen molar-refractivity contribution >= 4 is 10.1 Å². The fraction of sp³-hybridized carbons (Fsp3) is 1.00. The Kier molecular flexibility index (Phi) is 55.9. The highest BCUT2D eigenvalue weighted by molar-refractivity contribution is 7.85. The molecule has 0 amide bonds. The minimum Gasteiger partial charge on any atom is -0.392 e. The lowest BCUT2D eigenvalue weighted by molar-refractivity contribution is -0.909. The van der Waals surface area contributed by atoms with Gasteiger partial charge in [-0.05, 0) is 25.7 Å². The highest BCUT2D eigenvalue weighted by Gasteiger charge is 2.25. The summed E-state index contributed by atoms with van der Waals surface area (Å²) >= 11 is 0. The zero-order valence-electron chi connectivity index (χ0n) is 52.4. The molecule has 0 radical (unpaired) electrons. The maximum absolute atomic E-state index is 11.9. The number of hydrogen-bond donors (Lipinski definition) is 5. The molecule has 0 heterocycles. The van der Waals surface area contributed by atoms with Crippen LogP contribution in [-0.4, -0.2) is 144 Å². The Balaban J connectivity index is 5.69. The average Bonchev–Trinajstić information content (AvgIpc) is 3.38. The van der Waals surface area contributed by atoms with Crippen LogP contribution in [-0.2, 0) is 10.1 Å². The lowest BCUT2D eigenvalue weighted by Crippen LogP contribution is -2.49. The molecular formula is C66H138N3O7S+. The fourth-order valence-electron chi connectivity index (χ4n) is 11.9. The largest absolute Gasteiger partial charge is 0.392 e. The molecule has 0 saturated heterocycles. The number of aliphatic hydroxyl groups is 4. The SMILES string of the molecule is CCCCCCCCCCCCC(O)CN(CCC[N+](C)(CCCN(CC(O)CCCCCCCCCCCC)CC(O)CCCCCCCCCCCC)CCCS(=O)(=O)O)CC(O)CCCCCCCCCCCC. The molecular weight excluding hydrogens is 979 g/mol. The Morgan fingerprint density at radius 2 is 0.506 bits per heavy atom. The predicted octanol–water partition coefficient (Wildman–Crippen LogP) is 16.8. The van der Waals surface area contributed by atoms with Crippen molar-refractivity contribution in [1.82, 2.24) is 9.80 Å². The van der Waals surface area contributed by atoms with Gasteiger partial charge in [0.1, 0.15) is 0 Å². The summed E-state index contributed by atoms with van der Waals surface area (Å²) in [6.07, 6.45) is 54.2. The monoisotopic (exact) mass is 1120 g/mol. The van der Waals surface area contributed by atoms with E-state index < -0.39 is 34.5 Å². The van der Waals surface area contributed by atoms with E-state index in [-0.39, 0.29) is 5.75 Å². The van der Waals surface area contributed by atoms with Crippen LogP contribution in [0.3, 0.4) is 0 Å². The minimum absolute atomic E-state index is 0.258. The standard InChI is InChI=1S/C66H137N3O7S/c1-6-10-14-18-22-26-30-34-38-42-49-63(70)59-67(60-64(71)50-43-39-35-31-27-23-19-15-11-7-2)53-46-55-69(5,57-48-58-77(74,75)76)56-47-54-68(61-65(72)51-44-40-36-32-28-24-20-16-12-8-3)62-66(73)52-45-41-37-33-29-25-21-17-13-9-4/h63-66,70-73H,6-62H2,1-5H3/p+1. The highest BCUT2D eigenvalue weighted by Crippen LogP contribution is 2.19. The number of hydrogen-bond acceptors (Lipinski definition) is 8. The van der Waals surface area contributed by atoms with Crippen molar-refractivity contribution < 1.29 is 37.9 Å². The number of unbranched alkanes of at least 4 members (excludes halogenated alkanes) is 36. The minimum atomic E-state index is -4.08. The first-order chi connectivity index (χ1) is 37.3. The Labute approximate surface area is 481 Å². The molecule has 0 bridgehead atoms. The molecule has 0 aromatic carbocycles. The van der Waals surface area contributed by atoms with Crippen LogP contribution in [0.15, 0.2) is 0 Å². The quantitative estimate of drug-likeness (QED) is 0.0229. The molecule has 464 valence electrons. The molecule has 0 spiro atoms. The third-order valence-electron chi connectivity index (χ3n) is 16.9. The molecule has 0 aliphatic rings. The van der Waals surface area contributed by atoms with Crippen LogP contribution in [0.25, 0.3) is 0 Å². The van der Waals surface area contributed by atoms with Crippen molar-refractivity contribution in [1.29, 1.82) is 0 Å². The van der Waals surface area contributed by atoms with Crippen molar-refractivity contribution in [3.8, 4) is 0 Å². The summed E-state index contributed by atoms with van der Waals surface area (Å²) in [4.78, 5) is 4.58. The van der Waals surface area contributed by atoms with E-state index in [0.29, 0.717) is 43.6 Å². The van der Waals surface area contributed by atoms with E-state index in [0.717, 1.165) is 116 Å². The van der Waals surface area contributed by atoms with Crippen molar-refractivity contribution in [3.05, 3.63) is 0 Å². The Hall–Kier alpha value is -0.370. The van der Waals surface area contributed by atoms with Gasteiger partial charge in [0, 0.05) is 58.5 Å². The molecule has 0 saturated carbocycles. The van der Waals surface area contributed by atoms with Gasteiger partial charge in [0.2, 0.25) is 0 Å². The first-order valence-electron chi connectivity index (χ1n) is 34.2. The van der Waals surface area contributed by atoms with Crippen molar-refractivity contribution in [2.75, 3.05) is 71.7 Å². The Bertz CT molecular complexity index is 1160. The average molecular weight is 1120 g/mol. The molecule has 0 aromatic heterocycles. The second kappa shape index (κ2) is 56.1. The van der Waals surface area contributed by atoms with Gasteiger partial charge in [-0.1, -0.05) is 285 Å². The number of aliphatic hydroxyl groups excluding tert-OH is 4. The molecule has 0 aromatic rings. The number of quaternary nitrogens is 1. The first-order valence-corrected chi connectivity index (χ1v) is 35.8. The van der Waals surface area contributed by atoms with Gasteiger partial charge < -0.3 is 24.9 Å². The molecule has 77 heavy (non-hydrogen) atoms. The molecule has 4 unspecified atom stereocenters. The Morgan fingerprint density at radius 1 is 0.312 bits per heavy atom. The maximum atomic E-state index is 11.9. The van der Waals surface area contributed by atoms with Crippen LogP contribution >= 0.6 is 0 Å². The summed E-state index contributed by atoms with van der Waals surface area (Å²) in [7, 11) is -1.88. The van der Waals surface area contributed by atoms with E-state index in [2.05, 4.69) is 44.5 Å². The summed E-state index contributed by atoms with van der Waals surface area (Å²) in [5.74, 6) is -0.258. The maximum Gasteiger partial charge on any atom is 0.265 e. The molecule has 0 rings (SSSR count). The van der Waals surface area contributed by atoms with E-state index in [4.69, 9.17) is 0 Å². The van der Waals surface area contributed by atoms with Gasteiger partial charge in [-0.25, -0.2) is 0 Å². The molecule has 0 fully saturated rings. The van der Waals surface area contributed by atoms with E-state index >= 15 is 0 Å². The molecule has 5 N–H and O–H groups in total. The fourth-order valence-corrected chi connectivity index (χ4v) is 12.4. The smallest absolute Gasteiger partial charge is 0.265 e. The normalized spacial score (nSPS) is 14.7. The number of rotatable bonds is 64. The van der Waals surface area contributed by atoms with Gasteiger partial charge in [0.15, 0.2) is 0 Å². The second-order valence-electron chi connectivity index (χ2n) is 25.2. The zero-order valence-corrected chi connectivity index (χ0v) is 53.2. The van der Waals surface area contributed by atoms with Crippen LogP contribution in [0.2, 0.25) is 0 Å². The van der Waals surface area contributed by atoms with Crippen molar-refractivity contribution in [3.63, 3.8) is 0 Å². The molecule has 10 nitrogen and oxygen atoms in total. The highest BCUT2D eigenvalue weighted by atomic mass is 32.2. The van der Waals surface area contributed by atoms with Gasteiger partial charge in [-0.3, -0.25) is 14.4 Å². The third-order valence-corrected chi connectivity index (χ3v) is 17.7. The molecule has 0 aliphatic heterocycles. The van der Waals surface area contributed by atoms with Crippen LogP contribution in [0, 0.1) is 0 Å². The molecule has 11 heteroatoms. The topological polar surface area (TPSA) is 142 Å². The van der Waals surface area contributed by atoms with Crippen LogP contribution in [0.4, 0.5) is 0 Å². The summed E-state index contributed by atoms with van der Waals surface area (Å²) < 4.78 is 34.2. The van der Waals surface area contributed by atoms with Gasteiger partial charge >= 0.3 is 0 Å². The van der Waals surface area contributed by atoms with Gasteiger partial charge in [-0.2, -0.15) is 8.42 Å². The first kappa shape index (κ1) is 76.6. The Morgan fingerprint density at radius 3 is 0.714 bits per heavy atom. The lowest BCUT2D eigenvalue weighted by Gasteiger charge is -2.37. The molecule has 4 atom stereocenters. The summed E-state index contributed by atoms with van der Waals surface area (Å²) in [6, 6.07) is 0. The van der Waals surface area contributed by atoms with Gasteiger partial charge in [0.05, 0.1) is 56.9 Å². The van der Waals surface area contributed by atoms with Crippen molar-refractivity contribution in [2.45, 2.75) is 354 Å². The van der Waals surface area contributed by atoms with E-state index in [9.17, 15) is 33.4 Å². The number of nitrogens with zero attached hydrogens (tertiary/aromatic N) is 3. The van der Waals surface area contributed by atoms with Crippen LogP contribution < -0.4 is 0 Å². The van der Waals surface area contributed by atoms with Crippen molar-refractivity contribution in [2.24, 2.45) is 0 Å². The van der Waals surface area contributed by atoms with E-state index in [1.807, 2.05) is 0 Å². The molecule has 0 aliphatic carbocycles. The second-order valence-corrected chi connectivity index (χ2v) is 26.7. The van der Waals surface area contributed by atoms with E-state index in [1.54, 1.807) is 0 Å². The summed E-state index contributed by atoms with van der Waals surface area (Å²) in [5, 5.41) is 45.4. The van der Waals surface area contributed by atoms with Gasteiger partial charge in [0.25, 0.3) is 10.1 Å². The van der Waals surface area contributed by atoms with Crippen LogP contribution in [0.5, 0.6) is 0 Å². The van der Waals surface area contributed by atoms with E-state index in [1.165, 1.54) is 205 Å². The summed E-state index contributed by atoms with van der Waals surface area (Å²) in [6.45, 7) is 15.0.